The van der Waals surface area contributed by atoms with Crippen LogP contribution in [0.25, 0.3) is 0 Å². The van der Waals surface area contributed by atoms with Crippen LogP contribution in [0.3, 0.4) is 0 Å². The molecule has 1 aliphatic carbocycles. The number of methoxy groups -OCH3 is 1. The molecule has 0 unspecified atom stereocenters. The second-order valence-electron chi connectivity index (χ2n) is 10.5. The second kappa shape index (κ2) is 13.7. The van der Waals surface area contributed by atoms with Gasteiger partial charge in [0, 0.05) is 57.4 Å². The highest BCUT2D eigenvalue weighted by Gasteiger charge is 2.33. The van der Waals surface area contributed by atoms with Gasteiger partial charge in [-0.3, -0.25) is 9.59 Å². The van der Waals surface area contributed by atoms with Crippen LogP contribution in [-0.4, -0.2) is 80.2 Å². The molecular formula is C28H44N4O5. The number of anilines is 1. The van der Waals surface area contributed by atoms with Crippen LogP contribution in [0.1, 0.15) is 69.7 Å². The van der Waals surface area contributed by atoms with Crippen molar-refractivity contribution in [1.82, 2.24) is 15.1 Å². The first-order chi connectivity index (χ1) is 17.7. The third kappa shape index (κ3) is 7.60. The fraction of sp³-hybridized carbons (Fsp3) is 0.679. The van der Waals surface area contributed by atoms with E-state index in [4.69, 9.17) is 9.47 Å². The van der Waals surface area contributed by atoms with Crippen LogP contribution >= 0.6 is 0 Å². The van der Waals surface area contributed by atoms with Gasteiger partial charge < -0.3 is 29.9 Å². The summed E-state index contributed by atoms with van der Waals surface area (Å²) in [5, 5.41) is 5.58. The number of rotatable bonds is 5. The van der Waals surface area contributed by atoms with E-state index >= 15 is 0 Å². The Balaban J connectivity index is 1.90. The molecule has 1 aromatic rings. The van der Waals surface area contributed by atoms with Gasteiger partial charge in [-0.2, -0.15) is 0 Å². The molecule has 1 aromatic carbocycles. The van der Waals surface area contributed by atoms with Gasteiger partial charge in [-0.1, -0.05) is 33.1 Å². The number of hydrogen-bond acceptors (Lipinski definition) is 5. The fourth-order valence-corrected chi connectivity index (χ4v) is 5.15. The summed E-state index contributed by atoms with van der Waals surface area (Å²) in [6.45, 7) is 7.77. The van der Waals surface area contributed by atoms with Crippen molar-refractivity contribution in [2.45, 2.75) is 71.4 Å². The number of likely N-dealkylation sites (N-methyl/N-ethyl adjacent to an activating group) is 1. The predicted molar refractivity (Wildman–Crippen MR) is 144 cm³/mol. The van der Waals surface area contributed by atoms with Crippen LogP contribution in [0, 0.1) is 11.8 Å². The summed E-state index contributed by atoms with van der Waals surface area (Å²) in [6, 6.07) is 4.54. The van der Waals surface area contributed by atoms with Gasteiger partial charge >= 0.3 is 6.03 Å². The van der Waals surface area contributed by atoms with Crippen molar-refractivity contribution in [2.24, 2.45) is 11.8 Å². The Kier molecular flexibility index (Phi) is 10.6. The minimum absolute atomic E-state index is 0.0300. The fourth-order valence-electron chi connectivity index (χ4n) is 5.15. The largest absolute Gasteiger partial charge is 0.491 e. The lowest BCUT2D eigenvalue weighted by Gasteiger charge is -2.38. The highest BCUT2D eigenvalue weighted by atomic mass is 16.5. The van der Waals surface area contributed by atoms with E-state index in [0.29, 0.717) is 36.6 Å². The first-order valence-electron chi connectivity index (χ1n) is 13.7. The number of urea groups is 1. The van der Waals surface area contributed by atoms with E-state index in [1.807, 2.05) is 18.7 Å². The van der Waals surface area contributed by atoms with E-state index in [0.717, 1.165) is 32.1 Å². The average molecular weight is 517 g/mol. The smallest absolute Gasteiger partial charge is 0.319 e. The van der Waals surface area contributed by atoms with Gasteiger partial charge in [0.15, 0.2) is 0 Å². The number of amides is 4. The predicted octanol–water partition coefficient (Wildman–Crippen LogP) is 4.13. The first kappa shape index (κ1) is 28.8. The van der Waals surface area contributed by atoms with Crippen LogP contribution in [0.5, 0.6) is 5.75 Å². The van der Waals surface area contributed by atoms with E-state index in [1.165, 1.54) is 6.42 Å². The second-order valence-corrected chi connectivity index (χ2v) is 10.5. The van der Waals surface area contributed by atoms with E-state index < -0.39 is 0 Å². The van der Waals surface area contributed by atoms with E-state index in [9.17, 15) is 14.4 Å². The molecule has 0 bridgehead atoms. The summed E-state index contributed by atoms with van der Waals surface area (Å²) in [4.78, 5) is 42.8. The van der Waals surface area contributed by atoms with Crippen LogP contribution in [-0.2, 0) is 9.53 Å². The molecule has 4 amide bonds. The molecule has 9 heteroatoms. The number of ether oxygens (including phenoxy) is 2. The molecule has 3 atom stereocenters. The molecule has 0 saturated heterocycles. The zero-order valence-corrected chi connectivity index (χ0v) is 23.0. The van der Waals surface area contributed by atoms with Crippen molar-refractivity contribution < 1.29 is 23.9 Å². The molecule has 0 aromatic heterocycles. The Morgan fingerprint density at radius 3 is 2.54 bits per heavy atom. The highest BCUT2D eigenvalue weighted by Crippen LogP contribution is 2.29. The van der Waals surface area contributed by atoms with Gasteiger partial charge in [0.2, 0.25) is 5.91 Å². The number of carbonyl (C=O) groups is 3. The van der Waals surface area contributed by atoms with Crippen molar-refractivity contribution in [3.63, 3.8) is 0 Å². The summed E-state index contributed by atoms with van der Waals surface area (Å²) in [5.41, 5.74) is 0.934. The molecule has 2 aliphatic rings. The van der Waals surface area contributed by atoms with Gasteiger partial charge in [0.05, 0.1) is 17.7 Å². The van der Waals surface area contributed by atoms with Crippen molar-refractivity contribution in [2.75, 3.05) is 45.7 Å². The summed E-state index contributed by atoms with van der Waals surface area (Å²) >= 11 is 0. The zero-order chi connectivity index (χ0) is 26.9. The van der Waals surface area contributed by atoms with Crippen molar-refractivity contribution in [1.29, 1.82) is 0 Å². The Hall–Kier alpha value is -2.81. The van der Waals surface area contributed by atoms with Crippen molar-refractivity contribution >= 4 is 23.5 Å². The molecule has 1 fully saturated rings. The van der Waals surface area contributed by atoms with Crippen molar-refractivity contribution in [3.8, 4) is 5.75 Å². The number of fused-ring (bicyclic) bond motifs is 1. The normalized spacial score (nSPS) is 23.8. The van der Waals surface area contributed by atoms with Crippen LogP contribution in [0.15, 0.2) is 18.2 Å². The topological polar surface area (TPSA) is 100 Å². The van der Waals surface area contributed by atoms with Gasteiger partial charge in [-0.05, 0) is 38.3 Å². The van der Waals surface area contributed by atoms with Gasteiger partial charge in [0.1, 0.15) is 12.4 Å². The minimum Gasteiger partial charge on any atom is -0.491 e. The van der Waals surface area contributed by atoms with Crippen LogP contribution in [0.2, 0.25) is 0 Å². The molecule has 2 N–H and O–H groups in total. The molecule has 1 heterocycles. The first-order valence-corrected chi connectivity index (χ1v) is 13.7. The molecule has 37 heavy (non-hydrogen) atoms. The molecule has 9 nitrogen and oxygen atoms in total. The van der Waals surface area contributed by atoms with Gasteiger partial charge in [-0.15, -0.1) is 0 Å². The maximum Gasteiger partial charge on any atom is 0.319 e. The maximum absolute atomic E-state index is 13.7. The van der Waals surface area contributed by atoms with Crippen LogP contribution in [0.4, 0.5) is 10.5 Å². The third-order valence-electron chi connectivity index (χ3n) is 7.48. The average Bonchev–Trinajstić information content (AvgIpc) is 2.91. The zero-order valence-electron chi connectivity index (χ0n) is 23.0. The lowest BCUT2D eigenvalue weighted by molar-refractivity contribution is -0.141. The number of carbonyl (C=O) groups excluding carboxylic acids is 3. The third-order valence-corrected chi connectivity index (χ3v) is 7.48. The summed E-state index contributed by atoms with van der Waals surface area (Å²) in [5.74, 6) is 0.454. The highest BCUT2D eigenvalue weighted by molar-refractivity contribution is 5.98. The van der Waals surface area contributed by atoms with E-state index in [1.54, 1.807) is 37.3 Å². The lowest BCUT2D eigenvalue weighted by Crippen LogP contribution is -2.50. The Bertz CT molecular complexity index is 933. The number of nitrogens with one attached hydrogen (secondary N) is 2. The molecule has 206 valence electrons. The Morgan fingerprint density at radius 1 is 1.14 bits per heavy atom. The maximum atomic E-state index is 13.7. The molecule has 3 rings (SSSR count). The molecule has 0 spiro atoms. The summed E-state index contributed by atoms with van der Waals surface area (Å²) in [7, 11) is 3.40. The number of benzene rings is 1. The number of hydrogen-bond donors (Lipinski definition) is 2. The minimum atomic E-state index is -0.312. The molecule has 0 radical (unpaired) electrons. The van der Waals surface area contributed by atoms with Gasteiger partial charge in [-0.25, -0.2) is 4.79 Å². The summed E-state index contributed by atoms with van der Waals surface area (Å²) in [6.07, 6.45) is 5.83. The monoisotopic (exact) mass is 516 g/mol. The van der Waals surface area contributed by atoms with E-state index in [2.05, 4.69) is 17.6 Å². The SMILES string of the molecule is CCCNC(=O)Nc1ccc2c(c1)OC[C@H](C)N(C(=O)C1CCCCC1)C[C@H](C)[C@@H](OC)CN(C)C2=O. The van der Waals surface area contributed by atoms with Crippen LogP contribution < -0.4 is 15.4 Å². The molecule has 1 aliphatic heterocycles. The van der Waals surface area contributed by atoms with Gasteiger partial charge in [0.25, 0.3) is 5.91 Å². The summed E-state index contributed by atoms with van der Waals surface area (Å²) < 4.78 is 12.0. The molecule has 1 saturated carbocycles. The quantitative estimate of drug-likeness (QED) is 0.613. The van der Waals surface area contributed by atoms with Crippen molar-refractivity contribution in [3.05, 3.63) is 23.8 Å². The lowest BCUT2D eigenvalue weighted by atomic mass is 9.87. The molecular weight excluding hydrogens is 472 g/mol. The Labute approximate surface area is 221 Å². The Morgan fingerprint density at radius 2 is 1.86 bits per heavy atom. The van der Waals surface area contributed by atoms with E-state index in [-0.39, 0.29) is 48.4 Å². The number of nitrogens with zero attached hydrogens (tertiary/aromatic N) is 2. The standard InChI is InChI=1S/C28H44N4O5/c1-6-14-29-28(35)30-22-12-13-23-24(15-22)37-18-20(3)32(26(33)21-10-8-7-9-11-21)16-19(2)25(36-5)17-31(4)27(23)34/h12-13,15,19-21,25H,6-11,14,16-18H2,1-5H3,(H2,29,30,35)/t19-,20-,25-/m0/s1.